The molecule has 39 heavy (non-hydrogen) atoms. The maximum atomic E-state index is 13.7. The Bertz CT molecular complexity index is 1660. The zero-order valence-corrected chi connectivity index (χ0v) is 21.6. The Labute approximate surface area is 223 Å². The number of fused-ring (bicyclic) bond motifs is 1. The van der Waals surface area contributed by atoms with Gasteiger partial charge in [-0.2, -0.15) is 0 Å². The van der Waals surface area contributed by atoms with Gasteiger partial charge in [-0.3, -0.25) is 9.52 Å². The van der Waals surface area contributed by atoms with E-state index in [1.165, 1.54) is 30.3 Å². The quantitative estimate of drug-likeness (QED) is 0.299. The van der Waals surface area contributed by atoms with Crippen molar-refractivity contribution in [2.45, 2.75) is 24.9 Å². The average molecular weight is 551 g/mol. The van der Waals surface area contributed by atoms with E-state index < -0.39 is 27.6 Å². The molecule has 2 heterocycles. The maximum absolute atomic E-state index is 13.7. The number of nitrogens with one attached hydrogen (secondary N) is 3. The maximum Gasteiger partial charge on any atom is 0.263 e. The van der Waals surface area contributed by atoms with Gasteiger partial charge < -0.3 is 15.2 Å². The highest BCUT2D eigenvalue weighted by Gasteiger charge is 2.22. The number of rotatable bonds is 8. The second-order valence-corrected chi connectivity index (χ2v) is 10.4. The lowest BCUT2D eigenvalue weighted by Gasteiger charge is -2.18. The van der Waals surface area contributed by atoms with Gasteiger partial charge in [-0.15, -0.1) is 10.2 Å². The van der Waals surface area contributed by atoms with Gasteiger partial charge in [-0.05, 0) is 55.0 Å². The van der Waals surface area contributed by atoms with Gasteiger partial charge in [-0.25, -0.2) is 17.2 Å². The average Bonchev–Trinajstić information content (AvgIpc) is 3.34. The van der Waals surface area contributed by atoms with Crippen LogP contribution >= 0.6 is 0 Å². The van der Waals surface area contributed by atoms with Crippen LogP contribution in [0.2, 0.25) is 0 Å². The number of halogens is 2. The molecule has 0 saturated carbocycles. The predicted molar refractivity (Wildman–Crippen MR) is 143 cm³/mol. The number of hydrogen-bond donors (Lipinski definition) is 3. The molecule has 1 aliphatic heterocycles. The van der Waals surface area contributed by atoms with Gasteiger partial charge in [0.15, 0.2) is 11.6 Å². The minimum Gasteiger partial charge on any atom is -0.380 e. The number of amides is 1. The monoisotopic (exact) mass is 550 g/mol. The highest BCUT2D eigenvalue weighted by atomic mass is 32.2. The minimum atomic E-state index is -3.88. The minimum absolute atomic E-state index is 0.0203. The fourth-order valence-corrected chi connectivity index (χ4v) is 5.58. The number of nitrogens with zero attached hydrogens (tertiary/aromatic N) is 3. The Morgan fingerprint density at radius 2 is 1.79 bits per heavy atom. The van der Waals surface area contributed by atoms with Crippen LogP contribution in [-0.4, -0.2) is 35.6 Å². The Morgan fingerprint density at radius 3 is 2.51 bits per heavy atom. The highest BCUT2D eigenvalue weighted by Crippen LogP contribution is 2.30. The fourth-order valence-electron chi connectivity index (χ4n) is 4.30. The summed E-state index contributed by atoms with van der Waals surface area (Å²) in [6.45, 7) is 2.79. The number of anilines is 2. The summed E-state index contributed by atoms with van der Waals surface area (Å²) in [7, 11) is -3.88. The molecule has 0 atom stereocenters. The molecule has 12 heteroatoms. The zero-order chi connectivity index (χ0) is 27.6. The van der Waals surface area contributed by atoms with Gasteiger partial charge in [0.25, 0.3) is 15.9 Å². The van der Waals surface area contributed by atoms with E-state index in [1.54, 1.807) is 10.6 Å². The van der Waals surface area contributed by atoms with Crippen LogP contribution in [0.25, 0.3) is 17.5 Å². The summed E-state index contributed by atoms with van der Waals surface area (Å²) in [6, 6.07) is 14.1. The summed E-state index contributed by atoms with van der Waals surface area (Å²) in [5, 5.41) is 13.9. The second-order valence-electron chi connectivity index (χ2n) is 8.71. The standard InChI is InChI=1S/C27H24F2N6O3S/c1-2-35-24(32-33-26(35)19-13-20(28)15-21(29)14-19)16-31-27(36)18-8-10-22(11-9-18)34-39(37,38)23-7-3-5-17-6-4-12-30-25(17)23/h3-11,13-15,30,34H,2,12,16H2,1H3,(H,31,36). The topological polar surface area (TPSA) is 118 Å². The Hall–Kier alpha value is -4.58. The first kappa shape index (κ1) is 26.0. The normalized spacial score (nSPS) is 12.5. The van der Waals surface area contributed by atoms with Gasteiger partial charge in [0.1, 0.15) is 16.5 Å². The molecule has 3 aromatic carbocycles. The third-order valence-electron chi connectivity index (χ3n) is 6.11. The first-order valence-electron chi connectivity index (χ1n) is 12.1. The van der Waals surface area contributed by atoms with E-state index in [1.807, 2.05) is 25.1 Å². The molecule has 0 aliphatic carbocycles. The Kier molecular flexibility index (Phi) is 7.11. The summed E-state index contributed by atoms with van der Waals surface area (Å²) in [5.74, 6) is -1.19. The van der Waals surface area contributed by atoms with Crippen LogP contribution in [0.15, 0.2) is 71.6 Å². The lowest BCUT2D eigenvalue weighted by atomic mass is 10.1. The highest BCUT2D eigenvalue weighted by molar-refractivity contribution is 7.92. The van der Waals surface area contributed by atoms with Crippen molar-refractivity contribution in [1.29, 1.82) is 0 Å². The Balaban J connectivity index is 1.26. The summed E-state index contributed by atoms with van der Waals surface area (Å²) in [6.07, 6.45) is 3.77. The number of sulfonamides is 1. The third-order valence-corrected chi connectivity index (χ3v) is 7.54. The number of carbonyl (C=O) groups is 1. The largest absolute Gasteiger partial charge is 0.380 e. The van der Waals surface area contributed by atoms with E-state index >= 15 is 0 Å². The van der Waals surface area contributed by atoms with Gasteiger partial charge >= 0.3 is 0 Å². The smallest absolute Gasteiger partial charge is 0.263 e. The molecular weight excluding hydrogens is 526 g/mol. The number of carbonyl (C=O) groups excluding carboxylic acids is 1. The molecule has 3 N–H and O–H groups in total. The number of hydrogen-bond acceptors (Lipinski definition) is 6. The van der Waals surface area contributed by atoms with Crippen molar-refractivity contribution in [3.8, 4) is 11.4 Å². The number of aromatic nitrogens is 3. The van der Waals surface area contributed by atoms with Crippen LogP contribution in [0.1, 0.15) is 28.7 Å². The van der Waals surface area contributed by atoms with Crippen molar-refractivity contribution in [2.75, 3.05) is 16.6 Å². The summed E-state index contributed by atoms with van der Waals surface area (Å²) in [4.78, 5) is 12.9. The molecule has 0 spiro atoms. The molecule has 0 bridgehead atoms. The van der Waals surface area contributed by atoms with Crippen molar-refractivity contribution in [3.05, 3.63) is 95.3 Å². The van der Waals surface area contributed by atoms with Crippen LogP contribution in [0, 0.1) is 11.6 Å². The van der Waals surface area contributed by atoms with E-state index in [4.69, 9.17) is 0 Å². The first-order chi connectivity index (χ1) is 18.7. The molecule has 0 radical (unpaired) electrons. The van der Waals surface area contributed by atoms with Crippen LogP contribution in [0.4, 0.5) is 20.2 Å². The zero-order valence-electron chi connectivity index (χ0n) is 20.8. The van der Waals surface area contributed by atoms with Crippen molar-refractivity contribution in [1.82, 2.24) is 20.1 Å². The number of para-hydroxylation sites is 1. The van der Waals surface area contributed by atoms with Crippen molar-refractivity contribution in [2.24, 2.45) is 0 Å². The molecule has 5 rings (SSSR count). The van der Waals surface area contributed by atoms with Crippen molar-refractivity contribution in [3.63, 3.8) is 0 Å². The third kappa shape index (κ3) is 5.50. The molecular formula is C27H24F2N6O3S. The summed E-state index contributed by atoms with van der Waals surface area (Å²) in [5.41, 5.74) is 2.16. The number of benzene rings is 3. The summed E-state index contributed by atoms with van der Waals surface area (Å²) < 4.78 is 57.6. The van der Waals surface area contributed by atoms with Crippen molar-refractivity contribution >= 4 is 33.4 Å². The van der Waals surface area contributed by atoms with E-state index in [2.05, 4.69) is 25.6 Å². The van der Waals surface area contributed by atoms with Crippen LogP contribution in [0.3, 0.4) is 0 Å². The van der Waals surface area contributed by atoms with Crippen LogP contribution in [0.5, 0.6) is 0 Å². The van der Waals surface area contributed by atoms with E-state index in [9.17, 15) is 22.0 Å². The molecule has 200 valence electrons. The van der Waals surface area contributed by atoms with Gasteiger partial charge in [0.05, 0.1) is 12.2 Å². The molecule has 0 unspecified atom stereocenters. The van der Waals surface area contributed by atoms with Crippen LogP contribution < -0.4 is 15.4 Å². The SMILES string of the molecule is CCn1c(CNC(=O)c2ccc(NS(=O)(=O)c3cccc4c3NCC=C4)cc2)nnc1-c1cc(F)cc(F)c1. The summed E-state index contributed by atoms with van der Waals surface area (Å²) >= 11 is 0. The van der Waals surface area contributed by atoms with E-state index in [0.29, 0.717) is 35.9 Å². The van der Waals surface area contributed by atoms with Gasteiger partial charge in [0.2, 0.25) is 0 Å². The molecule has 0 saturated heterocycles. The molecule has 9 nitrogen and oxygen atoms in total. The fraction of sp³-hybridized carbons (Fsp3) is 0.148. The predicted octanol–water partition coefficient (Wildman–Crippen LogP) is 4.41. The second kappa shape index (κ2) is 10.7. The lowest BCUT2D eigenvalue weighted by molar-refractivity contribution is 0.0949. The first-order valence-corrected chi connectivity index (χ1v) is 13.6. The Morgan fingerprint density at radius 1 is 1.05 bits per heavy atom. The van der Waals surface area contributed by atoms with Gasteiger partial charge in [-0.1, -0.05) is 24.3 Å². The van der Waals surface area contributed by atoms with Gasteiger partial charge in [0, 0.05) is 36.0 Å². The lowest BCUT2D eigenvalue weighted by Crippen LogP contribution is -2.25. The molecule has 1 aromatic heterocycles. The van der Waals surface area contributed by atoms with Crippen LogP contribution in [-0.2, 0) is 23.1 Å². The molecule has 0 fully saturated rings. The molecule has 1 aliphatic rings. The van der Waals surface area contributed by atoms with E-state index in [-0.39, 0.29) is 22.8 Å². The van der Waals surface area contributed by atoms with E-state index in [0.717, 1.165) is 23.8 Å². The molecule has 1 amide bonds. The molecule has 4 aromatic rings. The van der Waals surface area contributed by atoms with Crippen molar-refractivity contribution < 1.29 is 22.0 Å².